The van der Waals surface area contributed by atoms with E-state index in [9.17, 15) is 4.79 Å². The van der Waals surface area contributed by atoms with Crippen molar-refractivity contribution in [1.82, 2.24) is 0 Å². The lowest BCUT2D eigenvalue weighted by Crippen LogP contribution is -2.17. The first-order valence-corrected chi connectivity index (χ1v) is 3.97. The van der Waals surface area contributed by atoms with E-state index >= 15 is 0 Å². The van der Waals surface area contributed by atoms with E-state index < -0.39 is 5.50 Å². The van der Waals surface area contributed by atoms with Crippen molar-refractivity contribution in [2.75, 3.05) is 0 Å². The minimum absolute atomic E-state index is 0.313. The second-order valence-corrected chi connectivity index (χ2v) is 3.25. The molecule has 0 radical (unpaired) electrons. The van der Waals surface area contributed by atoms with Crippen molar-refractivity contribution in [3.05, 3.63) is 10.6 Å². The van der Waals surface area contributed by atoms with Crippen LogP contribution in [0, 0.1) is 5.92 Å². The van der Waals surface area contributed by atoms with Gasteiger partial charge in [0.25, 0.3) is 0 Å². The van der Waals surface area contributed by atoms with Gasteiger partial charge >= 0.3 is 0 Å². The third-order valence-electron chi connectivity index (χ3n) is 1.22. The predicted octanol–water partition coefficient (Wildman–Crippen LogP) is 1.73. The molecule has 10 heavy (non-hydrogen) atoms. The molecular formula is C6H5BrClNO. The molecule has 1 aliphatic rings. The topological polar surface area (TPSA) is 29.4 Å². The van der Waals surface area contributed by atoms with E-state index in [0.717, 1.165) is 10.8 Å². The maximum atomic E-state index is 10.4. The van der Waals surface area contributed by atoms with Crippen molar-refractivity contribution in [3.63, 3.8) is 0 Å². The van der Waals surface area contributed by atoms with E-state index in [2.05, 4.69) is 20.9 Å². The van der Waals surface area contributed by atoms with E-state index in [1.807, 2.05) is 0 Å². The highest BCUT2D eigenvalue weighted by Gasteiger charge is 2.21. The first-order valence-electron chi connectivity index (χ1n) is 2.74. The van der Waals surface area contributed by atoms with Crippen molar-refractivity contribution in [2.24, 2.45) is 10.9 Å². The summed E-state index contributed by atoms with van der Waals surface area (Å²) in [6.07, 6.45) is 4.09. The molecule has 0 fully saturated rings. The van der Waals surface area contributed by atoms with Gasteiger partial charge in [0.2, 0.25) is 0 Å². The standard InChI is InChI=1S/C6H5BrClNO/c7-5-1-2-9-6(8)4(5)3-10/h1-4,6H. The molecule has 1 rings (SSSR count). The number of allylic oxidation sites excluding steroid dienone is 1. The van der Waals surface area contributed by atoms with Crippen LogP contribution >= 0.6 is 27.5 Å². The maximum Gasteiger partial charge on any atom is 0.137 e. The van der Waals surface area contributed by atoms with Gasteiger partial charge in [0, 0.05) is 10.7 Å². The zero-order valence-corrected chi connectivity index (χ0v) is 7.34. The van der Waals surface area contributed by atoms with Gasteiger partial charge in [-0.15, -0.1) is 0 Å². The van der Waals surface area contributed by atoms with Gasteiger partial charge in [-0.1, -0.05) is 27.5 Å². The number of dihydropyridines is 1. The number of aliphatic imine (C=N–C) groups is 1. The lowest BCUT2D eigenvalue weighted by Gasteiger charge is -2.14. The zero-order chi connectivity index (χ0) is 7.56. The number of halogens is 2. The van der Waals surface area contributed by atoms with Crippen LogP contribution in [-0.4, -0.2) is 18.0 Å². The monoisotopic (exact) mass is 221 g/mol. The third kappa shape index (κ3) is 1.47. The van der Waals surface area contributed by atoms with Crippen molar-refractivity contribution >= 4 is 40.0 Å². The molecule has 0 spiro atoms. The average Bonchev–Trinajstić information content (AvgIpc) is 1.88. The molecule has 0 aliphatic carbocycles. The van der Waals surface area contributed by atoms with Gasteiger partial charge in [0.05, 0.1) is 5.92 Å². The third-order valence-corrected chi connectivity index (χ3v) is 2.40. The van der Waals surface area contributed by atoms with Crippen LogP contribution in [0.15, 0.2) is 15.6 Å². The van der Waals surface area contributed by atoms with Crippen molar-refractivity contribution < 1.29 is 4.79 Å². The Labute approximate surface area is 72.1 Å². The minimum Gasteiger partial charge on any atom is -0.303 e. The fourth-order valence-corrected chi connectivity index (χ4v) is 1.55. The Bertz CT molecular complexity index is 202. The van der Waals surface area contributed by atoms with Crippen LogP contribution in [0.3, 0.4) is 0 Å². The van der Waals surface area contributed by atoms with Gasteiger partial charge in [-0.25, -0.2) is 0 Å². The Kier molecular flexibility index (Phi) is 2.63. The van der Waals surface area contributed by atoms with Crippen LogP contribution in [0.2, 0.25) is 0 Å². The summed E-state index contributed by atoms with van der Waals surface area (Å²) in [6.45, 7) is 0. The largest absolute Gasteiger partial charge is 0.303 e. The number of hydrogen-bond acceptors (Lipinski definition) is 2. The number of aldehydes is 1. The minimum atomic E-state index is -0.447. The highest BCUT2D eigenvalue weighted by Crippen LogP contribution is 2.25. The van der Waals surface area contributed by atoms with Crippen LogP contribution in [0.1, 0.15) is 0 Å². The summed E-state index contributed by atoms with van der Waals surface area (Å²) in [7, 11) is 0. The van der Waals surface area contributed by atoms with E-state index in [1.165, 1.54) is 0 Å². The van der Waals surface area contributed by atoms with Crippen LogP contribution < -0.4 is 0 Å². The summed E-state index contributed by atoms with van der Waals surface area (Å²) < 4.78 is 0.789. The molecular weight excluding hydrogens is 217 g/mol. The summed E-state index contributed by atoms with van der Waals surface area (Å²) in [5.41, 5.74) is -0.447. The first kappa shape index (κ1) is 7.95. The molecule has 0 aromatic rings. The van der Waals surface area contributed by atoms with Crippen LogP contribution in [-0.2, 0) is 4.79 Å². The molecule has 2 nitrogen and oxygen atoms in total. The summed E-state index contributed by atoms with van der Waals surface area (Å²) in [6, 6.07) is 0. The number of carbonyl (C=O) groups is 1. The molecule has 2 atom stereocenters. The average molecular weight is 222 g/mol. The molecule has 0 N–H and O–H groups in total. The van der Waals surface area contributed by atoms with Crippen LogP contribution in [0.4, 0.5) is 0 Å². The number of rotatable bonds is 1. The van der Waals surface area contributed by atoms with Gasteiger partial charge in [-0.05, 0) is 6.08 Å². The fraction of sp³-hybridized carbons (Fsp3) is 0.333. The summed E-state index contributed by atoms with van der Waals surface area (Å²) >= 11 is 8.89. The van der Waals surface area contributed by atoms with Gasteiger partial charge in [-0.2, -0.15) is 0 Å². The number of nitrogens with zero attached hydrogens (tertiary/aromatic N) is 1. The van der Waals surface area contributed by atoms with Gasteiger partial charge in [0.1, 0.15) is 11.8 Å². The Balaban J connectivity index is 2.80. The number of carbonyl (C=O) groups excluding carboxylic acids is 1. The molecule has 54 valence electrons. The second kappa shape index (κ2) is 3.30. The number of hydrogen-bond donors (Lipinski definition) is 0. The molecule has 0 aromatic carbocycles. The predicted molar refractivity (Wildman–Crippen MR) is 44.7 cm³/mol. The number of alkyl halides is 1. The lowest BCUT2D eigenvalue weighted by molar-refractivity contribution is -0.110. The Morgan fingerprint density at radius 1 is 1.80 bits per heavy atom. The van der Waals surface area contributed by atoms with Crippen LogP contribution in [0.5, 0.6) is 0 Å². The first-order chi connectivity index (χ1) is 4.75. The molecule has 2 unspecified atom stereocenters. The van der Waals surface area contributed by atoms with E-state index in [1.54, 1.807) is 12.3 Å². The molecule has 0 aromatic heterocycles. The summed E-state index contributed by atoms with van der Waals surface area (Å²) in [5.74, 6) is -0.313. The Hall–Kier alpha value is -0.150. The second-order valence-electron chi connectivity index (χ2n) is 1.88. The van der Waals surface area contributed by atoms with Gasteiger partial charge in [0.15, 0.2) is 0 Å². The molecule has 0 saturated carbocycles. The fourth-order valence-electron chi connectivity index (χ4n) is 0.662. The normalized spacial score (nSPS) is 31.6. The van der Waals surface area contributed by atoms with Crippen LogP contribution in [0.25, 0.3) is 0 Å². The lowest BCUT2D eigenvalue weighted by atomic mass is 10.1. The van der Waals surface area contributed by atoms with E-state index in [4.69, 9.17) is 11.6 Å². The SMILES string of the molecule is O=CC1C(Br)=CC=NC1Cl. The molecule has 1 aliphatic heterocycles. The highest BCUT2D eigenvalue weighted by molar-refractivity contribution is 9.11. The molecule has 0 amide bonds. The van der Waals surface area contributed by atoms with Crippen molar-refractivity contribution in [3.8, 4) is 0 Å². The van der Waals surface area contributed by atoms with E-state index in [0.29, 0.717) is 0 Å². The van der Waals surface area contributed by atoms with Gasteiger partial charge < -0.3 is 4.79 Å². The maximum absolute atomic E-state index is 10.4. The Morgan fingerprint density at radius 2 is 2.50 bits per heavy atom. The quantitative estimate of drug-likeness (QED) is 0.377. The van der Waals surface area contributed by atoms with E-state index in [-0.39, 0.29) is 5.92 Å². The zero-order valence-electron chi connectivity index (χ0n) is 5.00. The molecule has 1 heterocycles. The summed E-state index contributed by atoms with van der Waals surface area (Å²) in [5, 5.41) is 0. The smallest absolute Gasteiger partial charge is 0.137 e. The molecule has 4 heteroatoms. The summed E-state index contributed by atoms with van der Waals surface area (Å²) in [4.78, 5) is 14.2. The highest BCUT2D eigenvalue weighted by atomic mass is 79.9. The van der Waals surface area contributed by atoms with Crippen molar-refractivity contribution in [2.45, 2.75) is 5.50 Å². The van der Waals surface area contributed by atoms with Crippen molar-refractivity contribution in [1.29, 1.82) is 0 Å². The molecule has 0 bridgehead atoms. The Morgan fingerprint density at radius 3 is 2.90 bits per heavy atom. The van der Waals surface area contributed by atoms with Gasteiger partial charge in [-0.3, -0.25) is 4.99 Å². The molecule has 0 saturated heterocycles.